The number of carbonyl (C=O) groups excluding carboxylic acids is 1. The summed E-state index contributed by atoms with van der Waals surface area (Å²) in [5.74, 6) is 0.0735. The van der Waals surface area contributed by atoms with E-state index in [4.69, 9.17) is 0 Å². The first-order valence-corrected chi connectivity index (χ1v) is 6.34. The van der Waals surface area contributed by atoms with Crippen LogP contribution < -0.4 is 5.32 Å². The Kier molecular flexibility index (Phi) is 3.63. The van der Waals surface area contributed by atoms with Gasteiger partial charge in [-0.2, -0.15) is 0 Å². The molecule has 0 aromatic heterocycles. The highest BCUT2D eigenvalue weighted by Crippen LogP contribution is 2.29. The lowest BCUT2D eigenvalue weighted by atomic mass is 9.83. The van der Waals surface area contributed by atoms with Crippen LogP contribution in [0.25, 0.3) is 0 Å². The molecule has 0 aliphatic carbocycles. The van der Waals surface area contributed by atoms with E-state index in [0.29, 0.717) is 5.69 Å². The zero-order valence-corrected chi connectivity index (χ0v) is 11.4. The second kappa shape index (κ2) is 5.09. The molecule has 2 N–H and O–H groups in total. The van der Waals surface area contributed by atoms with Gasteiger partial charge < -0.3 is 15.3 Å². The molecule has 1 saturated heterocycles. The molecule has 7 heteroatoms. The summed E-state index contributed by atoms with van der Waals surface area (Å²) in [6.07, 6.45) is 0. The normalized spacial score (nSPS) is 16.7. The van der Waals surface area contributed by atoms with Gasteiger partial charge in [-0.3, -0.25) is 10.1 Å². The smallest absolute Gasteiger partial charge is 0.322 e. The lowest BCUT2D eigenvalue weighted by molar-refractivity contribution is -0.384. The van der Waals surface area contributed by atoms with Crippen molar-refractivity contribution in [1.29, 1.82) is 0 Å². The van der Waals surface area contributed by atoms with E-state index in [1.807, 2.05) is 13.8 Å². The summed E-state index contributed by atoms with van der Waals surface area (Å²) in [5.41, 5.74) is -0.547. The number of hydrogen-bond acceptors (Lipinski definition) is 4. The highest BCUT2D eigenvalue weighted by atomic mass is 16.6. The van der Waals surface area contributed by atoms with E-state index in [-0.39, 0.29) is 30.7 Å². The molecule has 1 fully saturated rings. The van der Waals surface area contributed by atoms with E-state index >= 15 is 0 Å². The van der Waals surface area contributed by atoms with Crippen LogP contribution in [0.2, 0.25) is 0 Å². The molecule has 1 aromatic rings. The second-order valence-corrected chi connectivity index (χ2v) is 5.35. The van der Waals surface area contributed by atoms with Gasteiger partial charge in [-0.05, 0) is 12.0 Å². The number of likely N-dealkylation sites (tertiary alicyclic amines) is 1. The van der Waals surface area contributed by atoms with Crippen molar-refractivity contribution in [1.82, 2.24) is 4.90 Å². The number of rotatable bonds is 3. The number of anilines is 1. The largest absolute Gasteiger partial charge is 0.386 e. The van der Waals surface area contributed by atoms with Crippen LogP contribution in [0.4, 0.5) is 16.2 Å². The zero-order valence-electron chi connectivity index (χ0n) is 11.4. The van der Waals surface area contributed by atoms with Crippen molar-refractivity contribution < 1.29 is 14.8 Å². The fraction of sp³-hybridized carbons (Fsp3) is 0.462. The number of nitro groups is 1. The molecule has 1 aliphatic rings. The van der Waals surface area contributed by atoms with Crippen LogP contribution in [-0.2, 0) is 0 Å². The Morgan fingerprint density at radius 1 is 1.50 bits per heavy atom. The molecule has 7 nitrogen and oxygen atoms in total. The maximum Gasteiger partial charge on any atom is 0.322 e. The van der Waals surface area contributed by atoms with Crippen LogP contribution in [0.3, 0.4) is 0 Å². The van der Waals surface area contributed by atoms with Crippen molar-refractivity contribution >= 4 is 17.4 Å². The molecule has 0 radical (unpaired) electrons. The SMILES string of the molecule is CC(C)C1(O)CN(C(=O)Nc2cccc([N+](=O)[O-])c2)C1. The molecule has 0 spiro atoms. The number of nitrogens with one attached hydrogen (secondary N) is 1. The Hall–Kier alpha value is -2.15. The van der Waals surface area contributed by atoms with Crippen LogP contribution in [0, 0.1) is 16.0 Å². The van der Waals surface area contributed by atoms with Gasteiger partial charge in [-0.25, -0.2) is 4.79 Å². The van der Waals surface area contributed by atoms with Gasteiger partial charge in [0.2, 0.25) is 0 Å². The van der Waals surface area contributed by atoms with E-state index < -0.39 is 10.5 Å². The third-order valence-electron chi connectivity index (χ3n) is 3.60. The number of carbonyl (C=O) groups is 1. The van der Waals surface area contributed by atoms with Crippen LogP contribution in [0.15, 0.2) is 24.3 Å². The van der Waals surface area contributed by atoms with E-state index in [2.05, 4.69) is 5.32 Å². The maximum absolute atomic E-state index is 11.9. The number of amides is 2. The predicted molar refractivity (Wildman–Crippen MR) is 73.5 cm³/mol. The quantitative estimate of drug-likeness (QED) is 0.651. The Morgan fingerprint density at radius 3 is 2.70 bits per heavy atom. The van der Waals surface area contributed by atoms with Crippen molar-refractivity contribution in [3.63, 3.8) is 0 Å². The number of non-ortho nitro benzene ring substituents is 1. The molecule has 1 aliphatic heterocycles. The zero-order chi connectivity index (χ0) is 14.9. The first kappa shape index (κ1) is 14.3. The second-order valence-electron chi connectivity index (χ2n) is 5.35. The minimum absolute atomic E-state index is 0.0735. The van der Waals surface area contributed by atoms with E-state index in [0.717, 1.165) is 0 Å². The highest BCUT2D eigenvalue weighted by molar-refractivity contribution is 5.90. The number of hydrogen-bond donors (Lipinski definition) is 2. The first-order valence-electron chi connectivity index (χ1n) is 6.34. The molecule has 1 aromatic carbocycles. The summed E-state index contributed by atoms with van der Waals surface area (Å²) in [5, 5.41) is 23.3. The molecule has 2 rings (SSSR count). The molecular weight excluding hydrogens is 262 g/mol. The summed E-state index contributed by atoms with van der Waals surface area (Å²) in [4.78, 5) is 23.5. The number of urea groups is 1. The lowest BCUT2D eigenvalue weighted by Crippen LogP contribution is -2.66. The summed E-state index contributed by atoms with van der Waals surface area (Å²) in [6, 6.07) is 5.38. The average Bonchev–Trinajstić information content (AvgIpc) is 2.34. The number of benzene rings is 1. The van der Waals surface area contributed by atoms with E-state index in [1.54, 1.807) is 6.07 Å². The highest BCUT2D eigenvalue weighted by Gasteiger charge is 2.45. The van der Waals surface area contributed by atoms with Crippen molar-refractivity contribution in [2.75, 3.05) is 18.4 Å². The molecule has 2 amide bonds. The molecule has 0 atom stereocenters. The van der Waals surface area contributed by atoms with Crippen LogP contribution in [-0.4, -0.2) is 39.7 Å². The van der Waals surface area contributed by atoms with Gasteiger partial charge in [0, 0.05) is 17.8 Å². The molecule has 1 heterocycles. The topological polar surface area (TPSA) is 95.7 Å². The van der Waals surface area contributed by atoms with Gasteiger partial charge in [-0.1, -0.05) is 19.9 Å². The standard InChI is InChI=1S/C13H17N3O4/c1-9(2)13(18)7-15(8-13)12(17)14-10-4-3-5-11(6-10)16(19)20/h3-6,9,18H,7-8H2,1-2H3,(H,14,17). The molecule has 0 saturated carbocycles. The predicted octanol–water partition coefficient (Wildman–Crippen LogP) is 1.83. The fourth-order valence-corrected chi connectivity index (χ4v) is 2.02. The maximum atomic E-state index is 11.9. The van der Waals surface area contributed by atoms with Gasteiger partial charge >= 0.3 is 6.03 Å². The molecule has 0 unspecified atom stereocenters. The molecular formula is C13H17N3O4. The van der Waals surface area contributed by atoms with E-state index in [1.165, 1.54) is 23.1 Å². The monoisotopic (exact) mass is 279 g/mol. The van der Waals surface area contributed by atoms with E-state index in [9.17, 15) is 20.0 Å². The summed E-state index contributed by atoms with van der Waals surface area (Å²) in [6.45, 7) is 4.34. The Labute approximate surface area is 116 Å². The molecule has 20 heavy (non-hydrogen) atoms. The fourth-order valence-electron chi connectivity index (χ4n) is 2.02. The third-order valence-corrected chi connectivity index (χ3v) is 3.60. The van der Waals surface area contributed by atoms with Crippen LogP contribution in [0.1, 0.15) is 13.8 Å². The number of nitrogens with zero attached hydrogens (tertiary/aromatic N) is 2. The lowest BCUT2D eigenvalue weighted by Gasteiger charge is -2.48. The van der Waals surface area contributed by atoms with Crippen molar-refractivity contribution in [2.45, 2.75) is 19.4 Å². The number of β-amino-alcohol motifs (C(OH)–C–C–N with tert-alkyl or cyclic N) is 1. The summed E-state index contributed by atoms with van der Waals surface area (Å²) >= 11 is 0. The third kappa shape index (κ3) is 2.72. The number of aliphatic hydroxyl groups is 1. The van der Waals surface area contributed by atoms with Crippen molar-refractivity contribution in [3.8, 4) is 0 Å². The minimum Gasteiger partial charge on any atom is -0.386 e. The summed E-state index contributed by atoms with van der Waals surface area (Å²) in [7, 11) is 0. The number of nitro benzene ring substituents is 1. The Bertz CT molecular complexity index is 538. The van der Waals surface area contributed by atoms with Crippen LogP contribution >= 0.6 is 0 Å². The van der Waals surface area contributed by atoms with Gasteiger partial charge in [0.15, 0.2) is 0 Å². The van der Waals surface area contributed by atoms with Gasteiger partial charge in [0.05, 0.1) is 18.0 Å². The van der Waals surface area contributed by atoms with Crippen molar-refractivity contribution in [3.05, 3.63) is 34.4 Å². The average molecular weight is 279 g/mol. The van der Waals surface area contributed by atoms with Crippen molar-refractivity contribution in [2.24, 2.45) is 5.92 Å². The van der Waals surface area contributed by atoms with Gasteiger partial charge in [0.1, 0.15) is 5.60 Å². The molecule has 108 valence electrons. The minimum atomic E-state index is -0.833. The summed E-state index contributed by atoms with van der Waals surface area (Å²) < 4.78 is 0. The Morgan fingerprint density at radius 2 is 2.15 bits per heavy atom. The van der Waals surface area contributed by atoms with Gasteiger partial charge in [-0.15, -0.1) is 0 Å². The van der Waals surface area contributed by atoms with Gasteiger partial charge in [0.25, 0.3) is 5.69 Å². The Balaban J connectivity index is 1.97. The first-order chi connectivity index (χ1) is 9.32. The molecule has 0 bridgehead atoms. The van der Waals surface area contributed by atoms with Crippen LogP contribution in [0.5, 0.6) is 0 Å².